The standard InChI is InChI=1S/C12H16N2OS/c1-9-4-3-5-11(8-9)13-12(15)14-6-7-16-10(14)2/h3-5,8,10H,6-7H2,1-2H3,(H,13,15). The van der Waals surface area contributed by atoms with Gasteiger partial charge >= 0.3 is 6.03 Å². The van der Waals surface area contributed by atoms with E-state index in [0.717, 1.165) is 23.5 Å². The molecular weight excluding hydrogens is 220 g/mol. The lowest BCUT2D eigenvalue weighted by molar-refractivity contribution is 0.216. The van der Waals surface area contributed by atoms with E-state index in [2.05, 4.69) is 12.2 Å². The normalized spacial score (nSPS) is 19.9. The lowest BCUT2D eigenvalue weighted by Crippen LogP contribution is -2.36. The first-order valence-electron chi connectivity index (χ1n) is 5.43. The molecule has 16 heavy (non-hydrogen) atoms. The molecule has 0 saturated carbocycles. The number of urea groups is 1. The smallest absolute Gasteiger partial charge is 0.312 e. The van der Waals surface area contributed by atoms with Crippen LogP contribution < -0.4 is 5.32 Å². The number of nitrogens with one attached hydrogen (secondary N) is 1. The van der Waals surface area contributed by atoms with Crippen LogP contribution in [0.25, 0.3) is 0 Å². The van der Waals surface area contributed by atoms with E-state index < -0.39 is 0 Å². The maximum atomic E-state index is 11.9. The third-order valence-corrected chi connectivity index (χ3v) is 3.82. The van der Waals surface area contributed by atoms with Crippen molar-refractivity contribution in [2.24, 2.45) is 0 Å². The van der Waals surface area contributed by atoms with E-state index in [1.807, 2.05) is 47.9 Å². The number of amides is 2. The van der Waals surface area contributed by atoms with Crippen LogP contribution in [0.1, 0.15) is 12.5 Å². The van der Waals surface area contributed by atoms with Gasteiger partial charge in [0.25, 0.3) is 0 Å². The first kappa shape index (κ1) is 11.3. The molecule has 0 radical (unpaired) electrons. The summed E-state index contributed by atoms with van der Waals surface area (Å²) in [4.78, 5) is 13.8. The Balaban J connectivity index is 2.02. The highest BCUT2D eigenvalue weighted by atomic mass is 32.2. The van der Waals surface area contributed by atoms with Crippen molar-refractivity contribution >= 4 is 23.5 Å². The second-order valence-electron chi connectivity index (χ2n) is 3.96. The minimum atomic E-state index is 0.00287. The number of nitrogens with zero attached hydrogens (tertiary/aromatic N) is 1. The summed E-state index contributed by atoms with van der Waals surface area (Å²) < 4.78 is 0. The van der Waals surface area contributed by atoms with Gasteiger partial charge in [0.1, 0.15) is 0 Å². The lowest BCUT2D eigenvalue weighted by atomic mass is 10.2. The number of thioether (sulfide) groups is 1. The van der Waals surface area contributed by atoms with Crippen LogP contribution in [0.15, 0.2) is 24.3 Å². The van der Waals surface area contributed by atoms with E-state index in [0.29, 0.717) is 0 Å². The zero-order chi connectivity index (χ0) is 11.5. The fraction of sp³-hybridized carbons (Fsp3) is 0.417. The second-order valence-corrected chi connectivity index (χ2v) is 5.39. The van der Waals surface area contributed by atoms with E-state index in [1.54, 1.807) is 0 Å². The molecule has 2 rings (SSSR count). The lowest BCUT2D eigenvalue weighted by Gasteiger charge is -2.20. The van der Waals surface area contributed by atoms with Crippen molar-refractivity contribution in [2.45, 2.75) is 19.2 Å². The molecule has 0 spiro atoms. The molecule has 1 saturated heterocycles. The maximum absolute atomic E-state index is 11.9. The molecule has 1 fully saturated rings. The highest BCUT2D eigenvalue weighted by Crippen LogP contribution is 2.23. The Bertz CT molecular complexity index is 394. The zero-order valence-corrected chi connectivity index (χ0v) is 10.4. The number of aryl methyl sites for hydroxylation is 1. The van der Waals surface area contributed by atoms with Crippen LogP contribution in [0.5, 0.6) is 0 Å². The molecule has 1 aromatic carbocycles. The van der Waals surface area contributed by atoms with Gasteiger partial charge in [-0.2, -0.15) is 0 Å². The van der Waals surface area contributed by atoms with Gasteiger partial charge in [-0.15, -0.1) is 11.8 Å². The van der Waals surface area contributed by atoms with E-state index in [4.69, 9.17) is 0 Å². The maximum Gasteiger partial charge on any atom is 0.322 e. The number of hydrogen-bond acceptors (Lipinski definition) is 2. The summed E-state index contributed by atoms with van der Waals surface area (Å²) in [5, 5.41) is 3.21. The largest absolute Gasteiger partial charge is 0.322 e. The van der Waals surface area contributed by atoms with Crippen molar-refractivity contribution in [3.8, 4) is 0 Å². The molecule has 0 bridgehead atoms. The van der Waals surface area contributed by atoms with Gasteiger partial charge in [0, 0.05) is 18.0 Å². The number of anilines is 1. The summed E-state index contributed by atoms with van der Waals surface area (Å²) in [5.41, 5.74) is 2.02. The monoisotopic (exact) mass is 236 g/mol. The molecule has 1 unspecified atom stereocenters. The molecule has 1 N–H and O–H groups in total. The Kier molecular flexibility index (Phi) is 3.39. The Morgan fingerprint density at radius 1 is 1.56 bits per heavy atom. The van der Waals surface area contributed by atoms with E-state index >= 15 is 0 Å². The molecule has 86 valence electrons. The van der Waals surface area contributed by atoms with Gasteiger partial charge in [0.2, 0.25) is 0 Å². The molecule has 1 atom stereocenters. The third kappa shape index (κ3) is 2.50. The number of benzene rings is 1. The summed E-state index contributed by atoms with van der Waals surface area (Å²) >= 11 is 1.81. The summed E-state index contributed by atoms with van der Waals surface area (Å²) in [7, 11) is 0. The van der Waals surface area contributed by atoms with Gasteiger partial charge in [-0.3, -0.25) is 0 Å². The first-order chi connectivity index (χ1) is 7.66. The molecule has 0 aliphatic carbocycles. The quantitative estimate of drug-likeness (QED) is 0.813. The Hall–Kier alpha value is -1.16. The van der Waals surface area contributed by atoms with E-state index in [9.17, 15) is 4.79 Å². The van der Waals surface area contributed by atoms with Gasteiger partial charge in [0.05, 0.1) is 5.37 Å². The van der Waals surface area contributed by atoms with E-state index in [-0.39, 0.29) is 11.4 Å². The minimum Gasteiger partial charge on any atom is -0.312 e. The number of carbonyl (C=O) groups is 1. The predicted octanol–water partition coefficient (Wildman–Crippen LogP) is 2.92. The van der Waals surface area contributed by atoms with E-state index in [1.165, 1.54) is 0 Å². The average molecular weight is 236 g/mol. The van der Waals surface area contributed by atoms with Gasteiger partial charge in [0.15, 0.2) is 0 Å². The highest BCUT2D eigenvalue weighted by Gasteiger charge is 2.25. The molecule has 1 aliphatic heterocycles. The Morgan fingerprint density at radius 3 is 3.00 bits per heavy atom. The average Bonchev–Trinajstić information content (AvgIpc) is 2.64. The van der Waals surface area contributed by atoms with Gasteiger partial charge < -0.3 is 10.2 Å². The van der Waals surface area contributed by atoms with Crippen LogP contribution in [0.3, 0.4) is 0 Å². The van der Waals surface area contributed by atoms with Crippen LogP contribution in [0.4, 0.5) is 10.5 Å². The predicted molar refractivity (Wildman–Crippen MR) is 68.8 cm³/mol. The van der Waals surface area contributed by atoms with Crippen molar-refractivity contribution in [1.29, 1.82) is 0 Å². The topological polar surface area (TPSA) is 32.3 Å². The van der Waals surface area contributed by atoms with Crippen LogP contribution >= 0.6 is 11.8 Å². The molecule has 1 aromatic rings. The van der Waals surface area contributed by atoms with Crippen molar-refractivity contribution in [3.05, 3.63) is 29.8 Å². The Labute approximate surface area is 100 Å². The fourth-order valence-corrected chi connectivity index (χ4v) is 2.80. The van der Waals surface area contributed by atoms with Crippen LogP contribution in [-0.4, -0.2) is 28.6 Å². The minimum absolute atomic E-state index is 0.00287. The molecule has 1 heterocycles. The highest BCUT2D eigenvalue weighted by molar-refractivity contribution is 8.00. The van der Waals surface area contributed by atoms with Gasteiger partial charge in [-0.25, -0.2) is 4.79 Å². The van der Waals surface area contributed by atoms with Crippen LogP contribution in [0.2, 0.25) is 0 Å². The van der Waals surface area contributed by atoms with Crippen molar-refractivity contribution < 1.29 is 4.79 Å². The Morgan fingerprint density at radius 2 is 2.38 bits per heavy atom. The number of hydrogen-bond donors (Lipinski definition) is 1. The summed E-state index contributed by atoms with van der Waals surface area (Å²) in [5.74, 6) is 1.03. The molecule has 1 aliphatic rings. The van der Waals surface area contributed by atoms with Crippen LogP contribution in [0, 0.1) is 6.92 Å². The summed E-state index contributed by atoms with van der Waals surface area (Å²) in [6.07, 6.45) is 0. The number of carbonyl (C=O) groups excluding carboxylic acids is 1. The van der Waals surface area contributed by atoms with Crippen LogP contribution in [-0.2, 0) is 0 Å². The van der Waals surface area contributed by atoms with Gasteiger partial charge in [-0.1, -0.05) is 12.1 Å². The van der Waals surface area contributed by atoms with Crippen molar-refractivity contribution in [2.75, 3.05) is 17.6 Å². The van der Waals surface area contributed by atoms with Gasteiger partial charge in [-0.05, 0) is 31.5 Å². The fourth-order valence-electron chi connectivity index (χ4n) is 1.78. The number of rotatable bonds is 1. The van der Waals surface area contributed by atoms with Crippen molar-refractivity contribution in [1.82, 2.24) is 4.90 Å². The molecule has 2 amide bonds. The van der Waals surface area contributed by atoms with Crippen molar-refractivity contribution in [3.63, 3.8) is 0 Å². The second kappa shape index (κ2) is 4.78. The molecule has 4 heteroatoms. The third-order valence-electron chi connectivity index (χ3n) is 2.66. The summed E-state index contributed by atoms with van der Waals surface area (Å²) in [6.45, 7) is 4.92. The SMILES string of the molecule is Cc1cccc(NC(=O)N2CCSC2C)c1. The molecule has 3 nitrogen and oxygen atoms in total. The first-order valence-corrected chi connectivity index (χ1v) is 6.47. The molecule has 0 aromatic heterocycles. The molecular formula is C12H16N2OS. The summed E-state index contributed by atoms with van der Waals surface area (Å²) in [6, 6.07) is 7.87. The zero-order valence-electron chi connectivity index (χ0n) is 9.56.